The fraction of sp³-hybridized carbons (Fsp3) is 0.706. The summed E-state index contributed by atoms with van der Waals surface area (Å²) in [5, 5.41) is 3.60. The van der Waals surface area contributed by atoms with Gasteiger partial charge >= 0.3 is 0 Å². The first-order chi connectivity index (χ1) is 9.61. The zero-order valence-electron chi connectivity index (χ0n) is 13.0. The molecular weight excluding hydrogens is 246 g/mol. The van der Waals surface area contributed by atoms with Crippen LogP contribution >= 0.6 is 0 Å². The maximum Gasteiger partial charge on any atom is 0.129 e. The molecule has 2 aliphatic carbocycles. The van der Waals surface area contributed by atoms with Crippen LogP contribution in [0.3, 0.4) is 0 Å². The zero-order chi connectivity index (χ0) is 14.1. The van der Waals surface area contributed by atoms with Crippen molar-refractivity contribution in [2.45, 2.75) is 65.1 Å². The van der Waals surface area contributed by atoms with Crippen LogP contribution in [0.25, 0.3) is 0 Å². The number of aryl methyl sites for hydroxylation is 1. The maximum atomic E-state index is 4.78. The minimum atomic E-state index is 0.522. The minimum Gasteiger partial charge on any atom is -0.354 e. The topological polar surface area (TPSA) is 28.2 Å². The highest BCUT2D eigenvalue weighted by molar-refractivity contribution is 5.44. The molecule has 3 nitrogen and oxygen atoms in total. The largest absolute Gasteiger partial charge is 0.354 e. The number of hydrogen-bond donors (Lipinski definition) is 1. The predicted molar refractivity (Wildman–Crippen MR) is 84.0 cm³/mol. The summed E-state index contributed by atoms with van der Waals surface area (Å²) in [6.45, 7) is 8.81. The van der Waals surface area contributed by atoms with Gasteiger partial charge in [0.2, 0.25) is 0 Å². The number of hydrogen-bond acceptors (Lipinski definition) is 3. The van der Waals surface area contributed by atoms with Crippen molar-refractivity contribution in [3.05, 3.63) is 23.4 Å². The maximum absolute atomic E-state index is 4.78. The molecule has 1 aromatic rings. The lowest BCUT2D eigenvalue weighted by Gasteiger charge is -2.28. The fourth-order valence-electron chi connectivity index (χ4n) is 2.67. The Morgan fingerprint density at radius 1 is 1.25 bits per heavy atom. The molecule has 0 aromatic carbocycles. The summed E-state index contributed by atoms with van der Waals surface area (Å²) in [4.78, 5) is 7.25. The number of nitrogens with one attached hydrogen (secondary N) is 1. The number of rotatable bonds is 7. The second-order valence-electron chi connectivity index (χ2n) is 6.82. The summed E-state index contributed by atoms with van der Waals surface area (Å²) in [5.41, 5.74) is 2.51. The molecule has 1 N–H and O–H groups in total. The van der Waals surface area contributed by atoms with Crippen molar-refractivity contribution in [2.24, 2.45) is 5.92 Å². The van der Waals surface area contributed by atoms with Gasteiger partial charge in [-0.2, -0.15) is 0 Å². The average molecular weight is 273 g/mol. The van der Waals surface area contributed by atoms with Crippen LogP contribution in [-0.4, -0.2) is 23.6 Å². The number of pyridine rings is 1. The van der Waals surface area contributed by atoms with Gasteiger partial charge in [0.1, 0.15) is 5.82 Å². The van der Waals surface area contributed by atoms with Crippen LogP contribution in [0.4, 0.5) is 5.82 Å². The third kappa shape index (κ3) is 3.72. The molecule has 1 aromatic heterocycles. The highest BCUT2D eigenvalue weighted by Crippen LogP contribution is 2.32. The first-order valence-corrected chi connectivity index (χ1v) is 8.09. The van der Waals surface area contributed by atoms with Crippen molar-refractivity contribution >= 4 is 5.82 Å². The molecular formula is C17H27N3. The van der Waals surface area contributed by atoms with E-state index >= 15 is 0 Å². The van der Waals surface area contributed by atoms with E-state index in [-0.39, 0.29) is 0 Å². The van der Waals surface area contributed by atoms with Gasteiger partial charge < -0.3 is 10.2 Å². The number of nitrogens with zero attached hydrogens (tertiary/aromatic N) is 2. The van der Waals surface area contributed by atoms with E-state index in [1.807, 2.05) is 0 Å². The summed E-state index contributed by atoms with van der Waals surface area (Å²) in [5.74, 6) is 2.06. The highest BCUT2D eigenvalue weighted by Gasteiger charge is 2.26. The normalized spacial score (nSPS) is 18.6. The smallest absolute Gasteiger partial charge is 0.129 e. The van der Waals surface area contributed by atoms with E-state index < -0.39 is 0 Å². The zero-order valence-corrected chi connectivity index (χ0v) is 13.0. The van der Waals surface area contributed by atoms with Gasteiger partial charge in [0.05, 0.1) is 0 Å². The molecule has 0 aliphatic heterocycles. The van der Waals surface area contributed by atoms with Crippen LogP contribution < -0.4 is 10.2 Å². The summed E-state index contributed by atoms with van der Waals surface area (Å²) in [6.07, 6.45) is 5.48. The lowest BCUT2D eigenvalue weighted by Crippen LogP contribution is -2.33. The Balaban J connectivity index is 1.74. The monoisotopic (exact) mass is 273 g/mol. The highest BCUT2D eigenvalue weighted by atomic mass is 15.2. The van der Waals surface area contributed by atoms with E-state index in [2.05, 4.69) is 43.1 Å². The third-order valence-electron chi connectivity index (χ3n) is 4.24. The molecule has 0 saturated heterocycles. The van der Waals surface area contributed by atoms with Gasteiger partial charge in [0.15, 0.2) is 0 Å². The standard InChI is InChI=1S/C17H27N3/c1-12(2)20(11-14-4-5-14)17-9-15(8-13(3)19-17)10-18-16-6-7-16/h8-9,12,14,16,18H,4-7,10-11H2,1-3H3. The first kappa shape index (κ1) is 13.9. The van der Waals surface area contributed by atoms with E-state index in [0.717, 1.165) is 24.2 Å². The second kappa shape index (κ2) is 5.72. The van der Waals surface area contributed by atoms with Gasteiger partial charge in [-0.05, 0) is 70.1 Å². The quantitative estimate of drug-likeness (QED) is 0.826. The van der Waals surface area contributed by atoms with E-state index in [4.69, 9.17) is 4.98 Å². The Labute approximate surface area is 122 Å². The van der Waals surface area contributed by atoms with Crippen LogP contribution in [-0.2, 0) is 6.54 Å². The molecule has 2 fully saturated rings. The Morgan fingerprint density at radius 2 is 2.00 bits per heavy atom. The molecule has 20 heavy (non-hydrogen) atoms. The molecule has 3 heteroatoms. The average Bonchev–Trinajstić information content (AvgIpc) is 3.26. The van der Waals surface area contributed by atoms with Crippen LogP contribution in [0.1, 0.15) is 50.8 Å². The van der Waals surface area contributed by atoms with Crippen molar-refractivity contribution < 1.29 is 0 Å². The van der Waals surface area contributed by atoms with E-state index in [1.165, 1.54) is 43.6 Å². The molecule has 2 aliphatic rings. The molecule has 0 spiro atoms. The first-order valence-electron chi connectivity index (χ1n) is 8.09. The fourth-order valence-corrected chi connectivity index (χ4v) is 2.67. The van der Waals surface area contributed by atoms with Gasteiger partial charge in [0.25, 0.3) is 0 Å². The van der Waals surface area contributed by atoms with E-state index in [1.54, 1.807) is 0 Å². The molecule has 0 amide bonds. The van der Waals surface area contributed by atoms with Crippen LogP contribution in [0.5, 0.6) is 0 Å². The Kier molecular flexibility index (Phi) is 3.97. The van der Waals surface area contributed by atoms with Gasteiger partial charge in [-0.3, -0.25) is 0 Å². The van der Waals surface area contributed by atoms with Crippen molar-refractivity contribution in [1.29, 1.82) is 0 Å². The lowest BCUT2D eigenvalue weighted by molar-refractivity contribution is 0.633. The summed E-state index contributed by atoms with van der Waals surface area (Å²) in [6, 6.07) is 5.79. The molecule has 1 heterocycles. The Bertz CT molecular complexity index is 461. The Morgan fingerprint density at radius 3 is 2.60 bits per heavy atom. The molecule has 0 bridgehead atoms. The summed E-state index contributed by atoms with van der Waals surface area (Å²) < 4.78 is 0. The SMILES string of the molecule is Cc1cc(CNC2CC2)cc(N(CC2CC2)C(C)C)n1. The van der Waals surface area contributed by atoms with Gasteiger partial charge in [-0.1, -0.05) is 0 Å². The minimum absolute atomic E-state index is 0.522. The molecule has 0 unspecified atom stereocenters. The number of aromatic nitrogens is 1. The second-order valence-corrected chi connectivity index (χ2v) is 6.82. The van der Waals surface area contributed by atoms with Gasteiger partial charge in [-0.25, -0.2) is 4.98 Å². The van der Waals surface area contributed by atoms with Crippen molar-refractivity contribution in [1.82, 2.24) is 10.3 Å². The van der Waals surface area contributed by atoms with Crippen LogP contribution in [0, 0.1) is 12.8 Å². The molecule has 0 radical (unpaired) electrons. The lowest BCUT2D eigenvalue weighted by atomic mass is 10.2. The van der Waals surface area contributed by atoms with Crippen LogP contribution in [0.15, 0.2) is 12.1 Å². The summed E-state index contributed by atoms with van der Waals surface area (Å²) >= 11 is 0. The number of anilines is 1. The van der Waals surface area contributed by atoms with Crippen molar-refractivity contribution in [3.63, 3.8) is 0 Å². The van der Waals surface area contributed by atoms with E-state index in [0.29, 0.717) is 6.04 Å². The molecule has 2 saturated carbocycles. The van der Waals surface area contributed by atoms with Crippen molar-refractivity contribution in [2.75, 3.05) is 11.4 Å². The molecule has 0 atom stereocenters. The van der Waals surface area contributed by atoms with Crippen molar-refractivity contribution in [3.8, 4) is 0 Å². The molecule has 110 valence electrons. The van der Waals surface area contributed by atoms with Gasteiger partial charge in [-0.15, -0.1) is 0 Å². The molecule has 3 rings (SSSR count). The summed E-state index contributed by atoms with van der Waals surface area (Å²) in [7, 11) is 0. The van der Waals surface area contributed by atoms with Gasteiger partial charge in [0, 0.05) is 30.9 Å². The Hall–Kier alpha value is -1.09. The van der Waals surface area contributed by atoms with Crippen LogP contribution in [0.2, 0.25) is 0 Å². The predicted octanol–water partition coefficient (Wildman–Crippen LogP) is 3.27. The van der Waals surface area contributed by atoms with E-state index in [9.17, 15) is 0 Å². The third-order valence-corrected chi connectivity index (χ3v) is 4.24.